The highest BCUT2D eigenvalue weighted by molar-refractivity contribution is 9.22. The van der Waals surface area contributed by atoms with Crippen molar-refractivity contribution < 1.29 is 14.1 Å². The maximum atomic E-state index is 11.8. The monoisotopic (exact) mass is 335 g/mol. The molecule has 4 unspecified atom stereocenters. The summed E-state index contributed by atoms with van der Waals surface area (Å²) >= 11 is 8.41. The van der Waals surface area contributed by atoms with E-state index in [2.05, 4.69) is 42.5 Å². The van der Waals surface area contributed by atoms with Crippen LogP contribution in [0.3, 0.4) is 0 Å². The van der Waals surface area contributed by atoms with E-state index in [9.17, 15) is 4.79 Å². The molecule has 8 heteroatoms. The van der Waals surface area contributed by atoms with Gasteiger partial charge in [-0.3, -0.25) is 4.79 Å². The van der Waals surface area contributed by atoms with Crippen molar-refractivity contribution in [2.45, 2.75) is 38.9 Å². The number of rotatable bonds is 2. The minimum atomic E-state index is -1.81. The summed E-state index contributed by atoms with van der Waals surface area (Å²) in [6.07, 6.45) is 4.85. The Bertz CT molecular complexity index is 429. The Balaban J connectivity index is 1.55. The number of carbonyl (C=O) groups is 1. The van der Waals surface area contributed by atoms with Crippen molar-refractivity contribution in [3.63, 3.8) is 0 Å². The lowest BCUT2D eigenvalue weighted by Gasteiger charge is -2.60. The molecule has 1 aliphatic heterocycles. The third-order valence-corrected chi connectivity index (χ3v) is 7.07. The van der Waals surface area contributed by atoms with Crippen LogP contribution in [0.1, 0.15) is 26.7 Å². The standard InChI is InChI=1S/C12H22BNO3S3/c1-12(2)7-4-8(12)10-9(5-7)16-13(17-10)6-14-11(15)20(3,18)19/h7-10,18-19H,4-6H2,1-3H3,(H,14,15). The van der Waals surface area contributed by atoms with Gasteiger partial charge in [0.05, 0.1) is 18.7 Å². The summed E-state index contributed by atoms with van der Waals surface area (Å²) in [7, 11) is -2.14. The van der Waals surface area contributed by atoms with Crippen LogP contribution in [0.2, 0.25) is 0 Å². The lowest BCUT2D eigenvalue weighted by atomic mass is 9.47. The molecule has 0 aromatic heterocycles. The van der Waals surface area contributed by atoms with Crippen LogP contribution in [0.5, 0.6) is 0 Å². The summed E-state index contributed by atoms with van der Waals surface area (Å²) in [5, 5.41) is 2.68. The van der Waals surface area contributed by atoms with Crippen LogP contribution in [0.15, 0.2) is 0 Å². The molecule has 4 aliphatic rings. The molecular formula is C12H22BNO3S3. The lowest BCUT2D eigenvalue weighted by Crippen LogP contribution is -2.59. The predicted molar refractivity (Wildman–Crippen MR) is 90.4 cm³/mol. The first kappa shape index (κ1) is 15.4. The number of hydrogen-bond donors (Lipinski definition) is 3. The smallest absolute Gasteiger partial charge is 0.405 e. The molecule has 1 amide bonds. The van der Waals surface area contributed by atoms with E-state index in [0.717, 1.165) is 12.3 Å². The molecule has 0 spiro atoms. The van der Waals surface area contributed by atoms with Gasteiger partial charge in [0.2, 0.25) is 0 Å². The van der Waals surface area contributed by atoms with E-state index in [-0.39, 0.29) is 24.6 Å². The Kier molecular flexibility index (Phi) is 3.86. The second-order valence-corrected chi connectivity index (χ2v) is 14.1. The number of thiol groups is 2. The SMILES string of the molecule is CC1(C)C2CC3OB(CNC(=O)S(C)(S)S)OC3C1C2. The number of amides is 1. The van der Waals surface area contributed by atoms with E-state index in [0.29, 0.717) is 17.8 Å². The summed E-state index contributed by atoms with van der Waals surface area (Å²) < 4.78 is 12.0. The van der Waals surface area contributed by atoms with Crippen molar-refractivity contribution in [1.29, 1.82) is 0 Å². The average molecular weight is 335 g/mol. The van der Waals surface area contributed by atoms with Gasteiger partial charge < -0.3 is 14.6 Å². The van der Waals surface area contributed by atoms with Crippen LogP contribution < -0.4 is 5.32 Å². The molecule has 20 heavy (non-hydrogen) atoms. The topological polar surface area (TPSA) is 47.6 Å². The molecule has 0 aromatic carbocycles. The molecule has 3 aliphatic carbocycles. The minimum absolute atomic E-state index is 0.143. The van der Waals surface area contributed by atoms with E-state index >= 15 is 0 Å². The normalized spacial score (nSPS) is 39.0. The van der Waals surface area contributed by atoms with Gasteiger partial charge in [-0.25, -0.2) is 0 Å². The third kappa shape index (κ3) is 2.51. The second kappa shape index (κ2) is 5.01. The average Bonchev–Trinajstić information content (AvgIpc) is 2.76. The van der Waals surface area contributed by atoms with Crippen LogP contribution in [-0.4, -0.2) is 37.3 Å². The largest absolute Gasteiger partial charge is 0.478 e. The minimum Gasteiger partial charge on any atom is -0.405 e. The first-order valence-corrected chi connectivity index (χ1v) is 11.2. The van der Waals surface area contributed by atoms with Gasteiger partial charge >= 0.3 is 7.12 Å². The van der Waals surface area contributed by atoms with Crippen molar-refractivity contribution in [2.75, 3.05) is 12.7 Å². The zero-order valence-corrected chi connectivity index (χ0v) is 14.6. The highest BCUT2D eigenvalue weighted by atomic mass is 33.5. The van der Waals surface area contributed by atoms with Crippen LogP contribution in [0, 0.1) is 17.3 Å². The highest BCUT2D eigenvalue weighted by Gasteiger charge is 2.61. The molecule has 0 aromatic rings. The Hall–Kier alpha value is 0.505. The molecule has 0 radical (unpaired) electrons. The Morgan fingerprint density at radius 3 is 2.70 bits per heavy atom. The molecule has 4 fully saturated rings. The van der Waals surface area contributed by atoms with Crippen molar-refractivity contribution in [3.8, 4) is 0 Å². The summed E-state index contributed by atoms with van der Waals surface area (Å²) in [6.45, 7) is 4.66. The summed E-state index contributed by atoms with van der Waals surface area (Å²) in [4.78, 5) is 11.8. The lowest BCUT2D eigenvalue weighted by molar-refractivity contribution is -0.150. The zero-order chi connectivity index (χ0) is 14.7. The van der Waals surface area contributed by atoms with Gasteiger partial charge in [0.15, 0.2) is 0 Å². The maximum Gasteiger partial charge on any atom is 0.478 e. The first-order valence-electron chi connectivity index (χ1n) is 7.01. The maximum absolute atomic E-state index is 11.8. The molecule has 4 nitrogen and oxygen atoms in total. The quantitative estimate of drug-likeness (QED) is 0.413. The molecule has 3 saturated carbocycles. The molecule has 1 heterocycles. The third-order valence-electron chi connectivity index (χ3n) is 5.23. The van der Waals surface area contributed by atoms with Gasteiger partial charge in [-0.05, 0) is 36.3 Å². The van der Waals surface area contributed by atoms with Crippen LogP contribution in [0.25, 0.3) is 0 Å². The van der Waals surface area contributed by atoms with Crippen molar-refractivity contribution in [1.82, 2.24) is 5.32 Å². The Morgan fingerprint density at radius 2 is 2.10 bits per heavy atom. The second-order valence-electron chi connectivity index (χ2n) is 6.80. The van der Waals surface area contributed by atoms with E-state index in [1.807, 2.05) is 0 Å². The van der Waals surface area contributed by atoms with Crippen molar-refractivity contribution in [3.05, 3.63) is 0 Å². The van der Waals surface area contributed by atoms with E-state index in [4.69, 9.17) is 9.31 Å². The molecule has 2 bridgehead atoms. The number of hydrogen-bond acceptors (Lipinski definition) is 5. The van der Waals surface area contributed by atoms with E-state index in [1.165, 1.54) is 6.42 Å². The molecule has 1 saturated heterocycles. The first-order chi connectivity index (χ1) is 9.19. The van der Waals surface area contributed by atoms with Crippen LogP contribution >= 0.6 is 31.4 Å². The van der Waals surface area contributed by atoms with Gasteiger partial charge in [0, 0.05) is 0 Å². The Morgan fingerprint density at radius 1 is 1.40 bits per heavy atom. The van der Waals surface area contributed by atoms with Gasteiger partial charge in [0.1, 0.15) is 0 Å². The molecular weight excluding hydrogens is 313 g/mol. The zero-order valence-electron chi connectivity index (χ0n) is 12.0. The number of carbonyl (C=O) groups excluding carboxylic acids is 1. The van der Waals surface area contributed by atoms with Gasteiger partial charge in [-0.2, -0.15) is 0 Å². The van der Waals surface area contributed by atoms with Crippen LogP contribution in [-0.2, 0) is 9.31 Å². The van der Waals surface area contributed by atoms with E-state index < -0.39 is 8.09 Å². The predicted octanol–water partition coefficient (Wildman–Crippen LogP) is 2.70. The highest BCUT2D eigenvalue weighted by Crippen LogP contribution is 2.61. The summed E-state index contributed by atoms with van der Waals surface area (Å²) in [6, 6.07) is 0. The fraction of sp³-hybridized carbons (Fsp3) is 0.917. The van der Waals surface area contributed by atoms with Gasteiger partial charge in [-0.15, -0.1) is 23.3 Å². The number of nitrogens with one attached hydrogen (secondary N) is 1. The van der Waals surface area contributed by atoms with Crippen molar-refractivity contribution in [2.24, 2.45) is 17.3 Å². The molecule has 114 valence electrons. The van der Waals surface area contributed by atoms with Gasteiger partial charge in [0.25, 0.3) is 5.24 Å². The Labute approximate surface area is 132 Å². The molecule has 4 atom stereocenters. The summed E-state index contributed by atoms with van der Waals surface area (Å²) in [5.41, 5.74) is 0.377. The molecule has 4 rings (SSSR count). The fourth-order valence-corrected chi connectivity index (χ4v) is 4.55. The van der Waals surface area contributed by atoms with Crippen molar-refractivity contribution >= 4 is 43.8 Å². The van der Waals surface area contributed by atoms with Gasteiger partial charge in [-0.1, -0.05) is 21.9 Å². The fourth-order valence-electron chi connectivity index (χ4n) is 3.80. The van der Waals surface area contributed by atoms with Crippen LogP contribution in [0.4, 0.5) is 4.79 Å². The van der Waals surface area contributed by atoms with E-state index in [1.54, 1.807) is 6.26 Å². The summed E-state index contributed by atoms with van der Waals surface area (Å²) in [5.74, 6) is 1.35. The molecule has 1 N–H and O–H groups in total.